The Labute approximate surface area is 176 Å². The first-order valence-electron chi connectivity index (χ1n) is 9.27. The molecule has 0 aliphatic carbocycles. The van der Waals surface area contributed by atoms with Crippen molar-refractivity contribution in [3.05, 3.63) is 71.5 Å². The molecule has 0 fully saturated rings. The van der Waals surface area contributed by atoms with E-state index in [4.69, 9.17) is 4.84 Å². The lowest BCUT2D eigenvalue weighted by molar-refractivity contribution is -0.165. The second-order valence-corrected chi connectivity index (χ2v) is 7.87. The van der Waals surface area contributed by atoms with Gasteiger partial charge in [-0.05, 0) is 35.7 Å². The average molecular weight is 422 g/mol. The van der Waals surface area contributed by atoms with Crippen molar-refractivity contribution in [2.75, 3.05) is 5.75 Å². The Hall–Kier alpha value is -3.46. The van der Waals surface area contributed by atoms with Crippen LogP contribution in [0.15, 0.2) is 60.0 Å². The second kappa shape index (κ2) is 8.11. The second-order valence-electron chi connectivity index (χ2n) is 6.93. The van der Waals surface area contributed by atoms with E-state index in [1.54, 1.807) is 23.0 Å². The highest BCUT2D eigenvalue weighted by atomic mass is 32.2. The molecule has 152 valence electrons. The van der Waals surface area contributed by atoms with Crippen LogP contribution in [0.5, 0.6) is 0 Å². The van der Waals surface area contributed by atoms with Gasteiger partial charge in [0, 0.05) is 5.69 Å². The molecule has 0 saturated carbocycles. The van der Waals surface area contributed by atoms with Crippen LogP contribution in [0.25, 0.3) is 5.69 Å². The third-order valence-electron chi connectivity index (χ3n) is 4.62. The molecule has 0 N–H and O–H groups in total. The molecular weight excluding hydrogens is 404 g/mol. The summed E-state index contributed by atoms with van der Waals surface area (Å²) < 4.78 is 1.75. The van der Waals surface area contributed by atoms with Crippen LogP contribution < -0.4 is 0 Å². The fraction of sp³-hybridized carbons (Fsp3) is 0.190. The molecule has 2 heterocycles. The van der Waals surface area contributed by atoms with Crippen molar-refractivity contribution in [1.29, 1.82) is 0 Å². The summed E-state index contributed by atoms with van der Waals surface area (Å²) in [6.07, 6.45) is 1.56. The van der Waals surface area contributed by atoms with Crippen LogP contribution in [-0.2, 0) is 9.63 Å². The van der Waals surface area contributed by atoms with Crippen molar-refractivity contribution in [2.45, 2.75) is 24.9 Å². The summed E-state index contributed by atoms with van der Waals surface area (Å²) in [4.78, 5) is 41.8. The number of rotatable bonds is 6. The number of thioether (sulfide) groups is 1. The van der Waals surface area contributed by atoms with Crippen molar-refractivity contribution < 1.29 is 19.2 Å². The number of hydrogen-bond acceptors (Lipinski definition) is 7. The van der Waals surface area contributed by atoms with Gasteiger partial charge in [-0.3, -0.25) is 14.2 Å². The monoisotopic (exact) mass is 422 g/mol. The zero-order valence-corrected chi connectivity index (χ0v) is 17.1. The van der Waals surface area contributed by atoms with Crippen LogP contribution in [-0.4, -0.2) is 43.4 Å². The summed E-state index contributed by atoms with van der Waals surface area (Å²) >= 11 is 1.10. The lowest BCUT2D eigenvalue weighted by atomic mass is 10.0. The van der Waals surface area contributed by atoms with Gasteiger partial charge in [-0.2, -0.15) is 0 Å². The quantitative estimate of drug-likeness (QED) is 0.445. The normalized spacial score (nSPS) is 13.1. The minimum absolute atomic E-state index is 0.143. The Balaban J connectivity index is 1.40. The number of aromatic nitrogens is 3. The largest absolute Gasteiger partial charge is 0.343 e. The highest BCUT2D eigenvalue weighted by molar-refractivity contribution is 7.99. The summed E-state index contributed by atoms with van der Waals surface area (Å²) in [5.74, 6) is -1.76. The van der Waals surface area contributed by atoms with Crippen LogP contribution in [0, 0.1) is 0 Å². The van der Waals surface area contributed by atoms with Gasteiger partial charge in [0.2, 0.25) is 0 Å². The minimum Gasteiger partial charge on any atom is -0.329 e. The van der Waals surface area contributed by atoms with Gasteiger partial charge in [0.25, 0.3) is 11.8 Å². The summed E-state index contributed by atoms with van der Waals surface area (Å²) in [5.41, 5.74) is 2.51. The molecule has 3 aromatic rings. The van der Waals surface area contributed by atoms with E-state index in [1.165, 1.54) is 17.7 Å². The number of hydroxylamine groups is 2. The number of fused-ring (bicyclic) bond motifs is 1. The molecule has 0 atom stereocenters. The van der Waals surface area contributed by atoms with Gasteiger partial charge in [-0.25, -0.2) is 4.79 Å². The summed E-state index contributed by atoms with van der Waals surface area (Å²) in [5, 5.41) is 8.94. The number of nitrogens with zero attached hydrogens (tertiary/aromatic N) is 4. The van der Waals surface area contributed by atoms with Gasteiger partial charge < -0.3 is 4.84 Å². The molecule has 1 aromatic heterocycles. The highest BCUT2D eigenvalue weighted by Crippen LogP contribution is 2.25. The topological polar surface area (TPSA) is 94.4 Å². The molecule has 0 spiro atoms. The van der Waals surface area contributed by atoms with Crippen LogP contribution in [0.1, 0.15) is 46.0 Å². The zero-order chi connectivity index (χ0) is 21.3. The van der Waals surface area contributed by atoms with Gasteiger partial charge in [-0.1, -0.05) is 54.9 Å². The van der Waals surface area contributed by atoms with E-state index in [9.17, 15) is 14.4 Å². The van der Waals surface area contributed by atoms with Gasteiger partial charge in [-0.15, -0.1) is 10.2 Å². The molecule has 0 bridgehead atoms. The van der Waals surface area contributed by atoms with Crippen molar-refractivity contribution in [2.24, 2.45) is 0 Å². The van der Waals surface area contributed by atoms with E-state index < -0.39 is 17.8 Å². The van der Waals surface area contributed by atoms with E-state index in [-0.39, 0.29) is 16.9 Å². The Morgan fingerprint density at radius 3 is 2.27 bits per heavy atom. The van der Waals surface area contributed by atoms with E-state index >= 15 is 0 Å². The zero-order valence-electron chi connectivity index (χ0n) is 16.3. The molecule has 30 heavy (non-hydrogen) atoms. The smallest absolute Gasteiger partial charge is 0.329 e. The first-order valence-corrected chi connectivity index (χ1v) is 10.3. The fourth-order valence-corrected chi connectivity index (χ4v) is 3.72. The van der Waals surface area contributed by atoms with E-state index in [2.05, 4.69) is 24.0 Å². The first kappa shape index (κ1) is 19.8. The highest BCUT2D eigenvalue weighted by Gasteiger charge is 2.38. The predicted octanol–water partition coefficient (Wildman–Crippen LogP) is 3.24. The van der Waals surface area contributed by atoms with Crippen molar-refractivity contribution in [3.63, 3.8) is 0 Å². The van der Waals surface area contributed by atoms with Gasteiger partial charge in [0.15, 0.2) is 5.16 Å². The number of imide groups is 1. The average Bonchev–Trinajstić information content (AvgIpc) is 3.32. The maximum atomic E-state index is 12.3. The fourth-order valence-electron chi connectivity index (χ4n) is 3.02. The molecule has 2 amide bonds. The van der Waals surface area contributed by atoms with E-state index in [1.807, 2.05) is 24.3 Å². The van der Waals surface area contributed by atoms with Crippen LogP contribution in [0.4, 0.5) is 0 Å². The van der Waals surface area contributed by atoms with Crippen LogP contribution in [0.3, 0.4) is 0 Å². The van der Waals surface area contributed by atoms with Gasteiger partial charge in [0.05, 0.1) is 11.1 Å². The molecule has 2 aromatic carbocycles. The third kappa shape index (κ3) is 3.71. The Morgan fingerprint density at radius 2 is 1.67 bits per heavy atom. The Morgan fingerprint density at radius 1 is 1.03 bits per heavy atom. The molecular formula is C21H18N4O4S. The molecule has 9 heteroatoms. The van der Waals surface area contributed by atoms with Gasteiger partial charge in [0.1, 0.15) is 12.1 Å². The summed E-state index contributed by atoms with van der Waals surface area (Å²) in [6.45, 7) is 4.24. The molecule has 0 radical (unpaired) electrons. The first-order chi connectivity index (χ1) is 14.5. The van der Waals surface area contributed by atoms with E-state index in [0.29, 0.717) is 16.1 Å². The number of hydrogen-bond donors (Lipinski definition) is 0. The number of benzene rings is 2. The molecule has 0 saturated heterocycles. The van der Waals surface area contributed by atoms with Crippen molar-refractivity contribution >= 4 is 29.5 Å². The Kier molecular flexibility index (Phi) is 5.37. The van der Waals surface area contributed by atoms with Crippen LogP contribution >= 0.6 is 11.8 Å². The Bertz CT molecular complexity index is 1090. The molecule has 1 aliphatic rings. The molecule has 4 rings (SSSR count). The SMILES string of the molecule is CC(C)c1ccc(-n2cnnc2SCC(=O)ON2C(=O)c3ccccc3C2=O)cc1. The lowest BCUT2D eigenvalue weighted by Gasteiger charge is -2.12. The summed E-state index contributed by atoms with van der Waals surface area (Å²) in [7, 11) is 0. The molecule has 1 aliphatic heterocycles. The lowest BCUT2D eigenvalue weighted by Crippen LogP contribution is -2.33. The maximum Gasteiger partial charge on any atom is 0.343 e. The number of amides is 2. The molecule has 8 nitrogen and oxygen atoms in total. The third-order valence-corrected chi connectivity index (χ3v) is 5.54. The van der Waals surface area contributed by atoms with Gasteiger partial charge >= 0.3 is 5.97 Å². The predicted molar refractivity (Wildman–Crippen MR) is 109 cm³/mol. The van der Waals surface area contributed by atoms with Crippen molar-refractivity contribution in [1.82, 2.24) is 19.8 Å². The minimum atomic E-state index is -0.737. The summed E-state index contributed by atoms with van der Waals surface area (Å²) in [6, 6.07) is 14.3. The van der Waals surface area contributed by atoms with Crippen molar-refractivity contribution in [3.8, 4) is 5.69 Å². The molecule has 0 unspecified atom stereocenters. The maximum absolute atomic E-state index is 12.3. The van der Waals surface area contributed by atoms with E-state index in [0.717, 1.165) is 17.4 Å². The number of carbonyl (C=O) groups is 3. The van der Waals surface area contributed by atoms with Crippen LogP contribution in [0.2, 0.25) is 0 Å². The standard InChI is InChI=1S/C21H18N4O4S/c1-13(2)14-7-9-15(10-8-14)24-12-22-23-21(24)30-11-18(26)29-25-19(27)16-5-3-4-6-17(16)20(25)28/h3-10,12-13H,11H2,1-2H3. The number of carbonyl (C=O) groups excluding carboxylic acids is 3.